The van der Waals surface area contributed by atoms with Gasteiger partial charge in [0.2, 0.25) is 5.91 Å². The molecule has 5 nitrogen and oxygen atoms in total. The summed E-state index contributed by atoms with van der Waals surface area (Å²) in [6.07, 6.45) is 6.15. The highest BCUT2D eigenvalue weighted by Gasteiger charge is 2.25. The fraction of sp³-hybridized carbons (Fsp3) is 0.619. The average molecular weight is 358 g/mol. The van der Waals surface area contributed by atoms with E-state index in [1.807, 2.05) is 4.90 Å². The van der Waals surface area contributed by atoms with Gasteiger partial charge in [0.15, 0.2) is 5.78 Å². The normalized spacial score (nSPS) is 18.0. The number of likely N-dealkylation sites (tertiary alicyclic amines) is 1. The summed E-state index contributed by atoms with van der Waals surface area (Å²) in [5, 5.41) is 3.65. The zero-order valence-corrected chi connectivity index (χ0v) is 15.7. The molecular weight excluding hydrogens is 328 g/mol. The van der Waals surface area contributed by atoms with E-state index in [0.29, 0.717) is 31.1 Å². The third kappa shape index (κ3) is 5.84. The number of nitrogens with zero attached hydrogens (tertiary/aromatic N) is 1. The van der Waals surface area contributed by atoms with E-state index >= 15 is 0 Å². The van der Waals surface area contributed by atoms with Gasteiger partial charge < -0.3 is 15.0 Å². The van der Waals surface area contributed by atoms with Gasteiger partial charge in [0, 0.05) is 31.1 Å². The number of benzene rings is 1. The minimum absolute atomic E-state index is 0.0497. The van der Waals surface area contributed by atoms with Crippen molar-refractivity contribution >= 4 is 11.7 Å². The summed E-state index contributed by atoms with van der Waals surface area (Å²) in [6.45, 7) is 4.96. The summed E-state index contributed by atoms with van der Waals surface area (Å²) < 4.78 is 5.66. The number of hydrogen-bond acceptors (Lipinski definition) is 4. The number of nitrogens with one attached hydrogen (secondary N) is 1. The first-order valence-corrected chi connectivity index (χ1v) is 9.87. The van der Waals surface area contributed by atoms with Crippen LogP contribution in [-0.4, -0.2) is 48.9 Å². The third-order valence-electron chi connectivity index (χ3n) is 5.30. The predicted molar refractivity (Wildman–Crippen MR) is 102 cm³/mol. The lowest BCUT2D eigenvalue weighted by Gasteiger charge is -2.32. The molecule has 2 fully saturated rings. The molecule has 1 saturated carbocycles. The Kier molecular flexibility index (Phi) is 6.67. The molecule has 0 unspecified atom stereocenters. The van der Waals surface area contributed by atoms with Crippen molar-refractivity contribution in [2.45, 2.75) is 51.5 Å². The number of Topliss-reactive ketones (excluding diaryl/α,β-unsaturated/α-hetero) is 1. The van der Waals surface area contributed by atoms with Crippen LogP contribution < -0.4 is 10.1 Å². The van der Waals surface area contributed by atoms with E-state index in [2.05, 4.69) is 5.32 Å². The van der Waals surface area contributed by atoms with Gasteiger partial charge in [-0.2, -0.15) is 0 Å². The Labute approximate surface area is 156 Å². The Balaban J connectivity index is 1.28. The lowest BCUT2D eigenvalue weighted by molar-refractivity contribution is -0.132. The topological polar surface area (TPSA) is 58.6 Å². The van der Waals surface area contributed by atoms with E-state index < -0.39 is 0 Å². The number of carbonyl (C=O) groups is 2. The van der Waals surface area contributed by atoms with Crippen LogP contribution in [0.2, 0.25) is 0 Å². The zero-order chi connectivity index (χ0) is 18.4. The minimum Gasteiger partial charge on any atom is -0.494 e. The number of amides is 1. The Morgan fingerprint density at radius 1 is 1.12 bits per heavy atom. The van der Waals surface area contributed by atoms with Gasteiger partial charge >= 0.3 is 0 Å². The van der Waals surface area contributed by atoms with Crippen molar-refractivity contribution in [3.63, 3.8) is 0 Å². The molecule has 0 aromatic heterocycles. The molecule has 1 N–H and O–H groups in total. The van der Waals surface area contributed by atoms with Gasteiger partial charge in [0.1, 0.15) is 5.75 Å². The number of piperidine rings is 1. The molecule has 1 amide bonds. The fourth-order valence-electron chi connectivity index (χ4n) is 3.35. The molecule has 5 heteroatoms. The van der Waals surface area contributed by atoms with E-state index in [-0.39, 0.29) is 11.7 Å². The standard InChI is InChI=1S/C21H30N2O3/c1-16(24)18-6-8-20(9-7-18)26-14-2-3-21(25)23-12-10-19(11-13-23)22-15-17-4-5-17/h6-9,17,19,22H,2-5,10-15H2,1H3. The van der Waals surface area contributed by atoms with Gasteiger partial charge in [-0.1, -0.05) is 0 Å². The quantitative estimate of drug-likeness (QED) is 0.544. The summed E-state index contributed by atoms with van der Waals surface area (Å²) in [5.74, 6) is 1.94. The average Bonchev–Trinajstić information content (AvgIpc) is 3.48. The molecule has 0 radical (unpaired) electrons. The lowest BCUT2D eigenvalue weighted by Crippen LogP contribution is -2.45. The van der Waals surface area contributed by atoms with Crippen molar-refractivity contribution in [3.8, 4) is 5.75 Å². The van der Waals surface area contributed by atoms with Gasteiger partial charge in [-0.05, 0) is 75.8 Å². The van der Waals surface area contributed by atoms with E-state index in [1.165, 1.54) is 12.8 Å². The summed E-state index contributed by atoms with van der Waals surface area (Å²) in [5.41, 5.74) is 0.683. The van der Waals surface area contributed by atoms with Crippen molar-refractivity contribution < 1.29 is 14.3 Å². The van der Waals surface area contributed by atoms with Crippen LogP contribution in [0, 0.1) is 5.92 Å². The molecule has 1 aromatic rings. The summed E-state index contributed by atoms with van der Waals surface area (Å²) >= 11 is 0. The van der Waals surface area contributed by atoms with Crippen LogP contribution >= 0.6 is 0 Å². The molecule has 26 heavy (non-hydrogen) atoms. The SMILES string of the molecule is CC(=O)c1ccc(OCCCC(=O)N2CCC(NCC3CC3)CC2)cc1. The molecular formula is C21H30N2O3. The molecule has 0 bridgehead atoms. The largest absolute Gasteiger partial charge is 0.494 e. The van der Waals surface area contributed by atoms with Crippen LogP contribution in [0.3, 0.4) is 0 Å². The van der Waals surface area contributed by atoms with Crippen molar-refractivity contribution in [3.05, 3.63) is 29.8 Å². The number of rotatable bonds is 9. The Morgan fingerprint density at radius 2 is 1.81 bits per heavy atom. The monoisotopic (exact) mass is 358 g/mol. The maximum atomic E-state index is 12.3. The second-order valence-electron chi connectivity index (χ2n) is 7.54. The third-order valence-corrected chi connectivity index (χ3v) is 5.30. The maximum Gasteiger partial charge on any atom is 0.222 e. The zero-order valence-electron chi connectivity index (χ0n) is 15.7. The Morgan fingerprint density at radius 3 is 2.42 bits per heavy atom. The van der Waals surface area contributed by atoms with Crippen LogP contribution in [0.5, 0.6) is 5.75 Å². The molecule has 142 valence electrons. The van der Waals surface area contributed by atoms with Gasteiger partial charge in [0.05, 0.1) is 6.61 Å². The van der Waals surface area contributed by atoms with Crippen molar-refractivity contribution in [1.29, 1.82) is 0 Å². The van der Waals surface area contributed by atoms with Gasteiger partial charge in [-0.25, -0.2) is 0 Å². The highest BCUT2D eigenvalue weighted by molar-refractivity contribution is 5.94. The second-order valence-corrected chi connectivity index (χ2v) is 7.54. The molecule has 2 aliphatic rings. The first-order chi connectivity index (χ1) is 12.6. The molecule has 3 rings (SSSR count). The molecule has 1 saturated heterocycles. The van der Waals surface area contributed by atoms with Gasteiger partial charge in [0.25, 0.3) is 0 Å². The number of ether oxygens (including phenoxy) is 1. The van der Waals surface area contributed by atoms with Crippen LogP contribution in [-0.2, 0) is 4.79 Å². The van der Waals surface area contributed by atoms with Crippen LogP contribution in [0.15, 0.2) is 24.3 Å². The lowest BCUT2D eigenvalue weighted by atomic mass is 10.0. The van der Waals surface area contributed by atoms with Crippen LogP contribution in [0.4, 0.5) is 0 Å². The van der Waals surface area contributed by atoms with E-state index in [4.69, 9.17) is 4.74 Å². The van der Waals surface area contributed by atoms with E-state index in [9.17, 15) is 9.59 Å². The number of hydrogen-bond donors (Lipinski definition) is 1. The number of ketones is 1. The fourth-order valence-corrected chi connectivity index (χ4v) is 3.35. The van der Waals surface area contributed by atoms with Crippen LogP contribution in [0.1, 0.15) is 55.8 Å². The highest BCUT2D eigenvalue weighted by Crippen LogP contribution is 2.28. The molecule has 0 spiro atoms. The van der Waals surface area contributed by atoms with E-state index in [1.54, 1.807) is 31.2 Å². The minimum atomic E-state index is 0.0497. The Hall–Kier alpha value is -1.88. The smallest absolute Gasteiger partial charge is 0.222 e. The van der Waals surface area contributed by atoms with Crippen LogP contribution in [0.25, 0.3) is 0 Å². The van der Waals surface area contributed by atoms with E-state index in [0.717, 1.165) is 44.1 Å². The maximum absolute atomic E-state index is 12.3. The second kappa shape index (κ2) is 9.17. The Bertz CT molecular complexity index is 602. The molecule has 1 aliphatic heterocycles. The van der Waals surface area contributed by atoms with Crippen molar-refractivity contribution in [2.24, 2.45) is 5.92 Å². The first kappa shape index (κ1) is 18.9. The number of carbonyl (C=O) groups excluding carboxylic acids is 2. The summed E-state index contributed by atoms with van der Waals surface area (Å²) in [4.78, 5) is 25.6. The predicted octanol–water partition coefficient (Wildman–Crippen LogP) is 3.04. The molecule has 0 atom stereocenters. The first-order valence-electron chi connectivity index (χ1n) is 9.87. The molecule has 1 heterocycles. The van der Waals surface area contributed by atoms with Crippen molar-refractivity contribution in [1.82, 2.24) is 10.2 Å². The van der Waals surface area contributed by atoms with Gasteiger partial charge in [-0.15, -0.1) is 0 Å². The summed E-state index contributed by atoms with van der Waals surface area (Å²) in [7, 11) is 0. The molecule has 1 aromatic carbocycles. The highest BCUT2D eigenvalue weighted by atomic mass is 16.5. The molecule has 1 aliphatic carbocycles. The summed E-state index contributed by atoms with van der Waals surface area (Å²) in [6, 6.07) is 7.73. The van der Waals surface area contributed by atoms with Crippen molar-refractivity contribution in [2.75, 3.05) is 26.2 Å². The van der Waals surface area contributed by atoms with Gasteiger partial charge in [-0.3, -0.25) is 9.59 Å².